The fourth-order valence-corrected chi connectivity index (χ4v) is 2.49. The van der Waals surface area contributed by atoms with E-state index in [4.69, 9.17) is 5.73 Å². The number of aromatic nitrogens is 1. The number of para-hydroxylation sites is 1. The zero-order chi connectivity index (χ0) is 16.2. The van der Waals surface area contributed by atoms with Crippen LogP contribution in [-0.4, -0.2) is 17.1 Å². The number of aryl methyl sites for hydroxylation is 1. The molecule has 0 aliphatic rings. The van der Waals surface area contributed by atoms with Gasteiger partial charge >= 0.3 is 6.18 Å². The van der Waals surface area contributed by atoms with Gasteiger partial charge in [-0.15, -0.1) is 11.3 Å². The molecule has 118 valence electrons. The molecule has 0 saturated heterocycles. The van der Waals surface area contributed by atoms with E-state index in [0.29, 0.717) is 16.3 Å². The van der Waals surface area contributed by atoms with Gasteiger partial charge in [-0.1, -0.05) is 18.2 Å². The number of nitrogens with two attached hydrogens (primary N) is 1. The van der Waals surface area contributed by atoms with Gasteiger partial charge in [-0.05, 0) is 18.1 Å². The Kier molecular flexibility index (Phi) is 5.15. The number of rotatable bonds is 5. The molecule has 0 unspecified atom stereocenters. The van der Waals surface area contributed by atoms with E-state index < -0.39 is 18.5 Å². The van der Waals surface area contributed by atoms with E-state index in [0.717, 1.165) is 0 Å². The molecule has 0 bridgehead atoms. The first kappa shape index (κ1) is 16.4. The van der Waals surface area contributed by atoms with E-state index in [1.807, 2.05) is 0 Å². The number of alkyl halides is 3. The quantitative estimate of drug-likeness (QED) is 0.884. The third-order valence-electron chi connectivity index (χ3n) is 2.90. The third-order valence-corrected chi connectivity index (χ3v) is 3.77. The molecule has 2 aromatic rings. The van der Waals surface area contributed by atoms with Crippen LogP contribution >= 0.6 is 11.3 Å². The standard InChI is InChI=1S/C14H14F3N3OS/c15-14(16,17)6-5-9-3-1-2-4-10(9)20-13(21)11-8-22-12(7-18)19-11/h1-4,8H,5-7,18H2,(H,20,21). The predicted molar refractivity (Wildman–Crippen MR) is 78.8 cm³/mol. The molecule has 22 heavy (non-hydrogen) atoms. The van der Waals surface area contributed by atoms with Crippen LogP contribution in [0.15, 0.2) is 29.6 Å². The van der Waals surface area contributed by atoms with Crippen LogP contribution in [0.25, 0.3) is 0 Å². The Morgan fingerprint density at radius 3 is 2.68 bits per heavy atom. The van der Waals surface area contributed by atoms with Crippen molar-refractivity contribution in [3.05, 3.63) is 45.9 Å². The molecular weight excluding hydrogens is 315 g/mol. The Hall–Kier alpha value is -1.93. The van der Waals surface area contributed by atoms with Crippen molar-refractivity contribution in [1.29, 1.82) is 0 Å². The largest absolute Gasteiger partial charge is 0.389 e. The molecule has 0 fully saturated rings. The number of hydrogen-bond donors (Lipinski definition) is 2. The van der Waals surface area contributed by atoms with E-state index in [1.165, 1.54) is 11.3 Å². The Bertz CT molecular complexity index is 655. The number of halogens is 3. The highest BCUT2D eigenvalue weighted by molar-refractivity contribution is 7.09. The molecule has 0 atom stereocenters. The Labute approximate surface area is 129 Å². The number of carbonyl (C=O) groups is 1. The lowest BCUT2D eigenvalue weighted by atomic mass is 10.1. The number of benzene rings is 1. The van der Waals surface area contributed by atoms with Gasteiger partial charge in [-0.25, -0.2) is 4.98 Å². The summed E-state index contributed by atoms with van der Waals surface area (Å²) in [6, 6.07) is 6.42. The van der Waals surface area contributed by atoms with Crippen LogP contribution in [0.2, 0.25) is 0 Å². The maximum Gasteiger partial charge on any atom is 0.389 e. The fourth-order valence-electron chi connectivity index (χ4n) is 1.83. The number of nitrogens with one attached hydrogen (secondary N) is 1. The molecule has 0 radical (unpaired) electrons. The minimum Gasteiger partial charge on any atom is -0.325 e. The highest BCUT2D eigenvalue weighted by Gasteiger charge is 2.27. The number of nitrogens with zero attached hydrogens (tertiary/aromatic N) is 1. The Morgan fingerprint density at radius 1 is 1.32 bits per heavy atom. The highest BCUT2D eigenvalue weighted by atomic mass is 32.1. The van der Waals surface area contributed by atoms with Crippen LogP contribution in [0.4, 0.5) is 18.9 Å². The SMILES string of the molecule is NCc1nc(C(=O)Nc2ccccc2CCC(F)(F)F)cs1. The van der Waals surface area contributed by atoms with E-state index in [9.17, 15) is 18.0 Å². The fraction of sp³-hybridized carbons (Fsp3) is 0.286. The normalized spacial score (nSPS) is 11.5. The van der Waals surface area contributed by atoms with Crippen molar-refractivity contribution in [3.63, 3.8) is 0 Å². The van der Waals surface area contributed by atoms with Crippen molar-refractivity contribution in [3.8, 4) is 0 Å². The molecule has 1 heterocycles. The Morgan fingerprint density at radius 2 is 2.05 bits per heavy atom. The molecule has 0 aliphatic heterocycles. The van der Waals surface area contributed by atoms with Crippen molar-refractivity contribution in [1.82, 2.24) is 4.98 Å². The van der Waals surface area contributed by atoms with Crippen LogP contribution in [0.3, 0.4) is 0 Å². The van der Waals surface area contributed by atoms with Crippen LogP contribution in [0.1, 0.15) is 27.5 Å². The third kappa shape index (κ3) is 4.54. The van der Waals surface area contributed by atoms with Gasteiger partial charge in [0.25, 0.3) is 5.91 Å². The number of amides is 1. The topological polar surface area (TPSA) is 68.0 Å². The molecule has 4 nitrogen and oxygen atoms in total. The van der Waals surface area contributed by atoms with Crippen LogP contribution in [0.5, 0.6) is 0 Å². The van der Waals surface area contributed by atoms with Crippen molar-refractivity contribution in [2.24, 2.45) is 5.73 Å². The zero-order valence-corrected chi connectivity index (χ0v) is 12.3. The van der Waals surface area contributed by atoms with E-state index in [2.05, 4.69) is 10.3 Å². The van der Waals surface area contributed by atoms with Crippen LogP contribution in [-0.2, 0) is 13.0 Å². The lowest BCUT2D eigenvalue weighted by molar-refractivity contribution is -0.133. The van der Waals surface area contributed by atoms with Crippen LogP contribution in [0, 0.1) is 0 Å². The van der Waals surface area contributed by atoms with E-state index in [1.54, 1.807) is 29.6 Å². The highest BCUT2D eigenvalue weighted by Crippen LogP contribution is 2.25. The molecule has 2 rings (SSSR count). The average molecular weight is 329 g/mol. The molecule has 0 aliphatic carbocycles. The monoisotopic (exact) mass is 329 g/mol. The van der Waals surface area contributed by atoms with Gasteiger partial charge in [0.15, 0.2) is 0 Å². The number of anilines is 1. The number of thiazole rings is 1. The summed E-state index contributed by atoms with van der Waals surface area (Å²) < 4.78 is 37.0. The van der Waals surface area contributed by atoms with Gasteiger partial charge in [0.1, 0.15) is 10.7 Å². The first-order valence-corrected chi connectivity index (χ1v) is 7.37. The number of carbonyl (C=O) groups excluding carboxylic acids is 1. The maximum atomic E-state index is 12.3. The first-order valence-electron chi connectivity index (χ1n) is 6.49. The van der Waals surface area contributed by atoms with E-state index >= 15 is 0 Å². The average Bonchev–Trinajstić information content (AvgIpc) is 2.94. The molecule has 1 aromatic carbocycles. The van der Waals surface area contributed by atoms with Crippen molar-refractivity contribution in [2.45, 2.75) is 25.6 Å². The summed E-state index contributed by atoms with van der Waals surface area (Å²) in [7, 11) is 0. The minimum absolute atomic E-state index is 0.189. The van der Waals surface area contributed by atoms with Gasteiger partial charge in [-0.2, -0.15) is 13.2 Å². The summed E-state index contributed by atoms with van der Waals surface area (Å²) in [6.45, 7) is 0.236. The second kappa shape index (κ2) is 6.89. The summed E-state index contributed by atoms with van der Waals surface area (Å²) in [6.07, 6.45) is -5.36. The van der Waals surface area contributed by atoms with Crippen molar-refractivity contribution >= 4 is 22.9 Å². The summed E-state index contributed by atoms with van der Waals surface area (Å²) in [5.74, 6) is -0.463. The zero-order valence-electron chi connectivity index (χ0n) is 11.5. The second-order valence-corrected chi connectivity index (χ2v) is 5.50. The predicted octanol–water partition coefficient (Wildman–Crippen LogP) is 3.35. The summed E-state index contributed by atoms with van der Waals surface area (Å²) in [5, 5.41) is 4.78. The molecule has 1 aromatic heterocycles. The number of hydrogen-bond acceptors (Lipinski definition) is 4. The minimum atomic E-state index is -4.23. The molecular formula is C14H14F3N3OS. The maximum absolute atomic E-state index is 12.3. The molecule has 0 spiro atoms. The summed E-state index contributed by atoms with van der Waals surface area (Å²) in [4.78, 5) is 16.1. The smallest absolute Gasteiger partial charge is 0.325 e. The van der Waals surface area contributed by atoms with Gasteiger partial charge < -0.3 is 11.1 Å². The van der Waals surface area contributed by atoms with Gasteiger partial charge in [-0.3, -0.25) is 4.79 Å². The lowest BCUT2D eigenvalue weighted by Gasteiger charge is -2.11. The molecule has 1 amide bonds. The molecule has 8 heteroatoms. The first-order chi connectivity index (χ1) is 10.4. The van der Waals surface area contributed by atoms with Crippen LogP contribution < -0.4 is 11.1 Å². The lowest BCUT2D eigenvalue weighted by Crippen LogP contribution is -2.15. The Balaban J connectivity index is 2.10. The summed E-state index contributed by atoms with van der Waals surface area (Å²) in [5.41, 5.74) is 6.43. The van der Waals surface area contributed by atoms with Crippen molar-refractivity contribution in [2.75, 3.05) is 5.32 Å². The second-order valence-electron chi connectivity index (χ2n) is 4.56. The molecule has 3 N–H and O–H groups in total. The molecule has 0 saturated carbocycles. The van der Waals surface area contributed by atoms with Gasteiger partial charge in [0.05, 0.1) is 0 Å². The van der Waals surface area contributed by atoms with E-state index in [-0.39, 0.29) is 18.7 Å². The van der Waals surface area contributed by atoms with Gasteiger partial charge in [0, 0.05) is 24.0 Å². The van der Waals surface area contributed by atoms with Gasteiger partial charge in [0.2, 0.25) is 0 Å². The van der Waals surface area contributed by atoms with Crippen molar-refractivity contribution < 1.29 is 18.0 Å². The summed E-state index contributed by atoms with van der Waals surface area (Å²) >= 11 is 1.26.